The van der Waals surface area contributed by atoms with E-state index in [-0.39, 0.29) is 23.0 Å². The lowest BCUT2D eigenvalue weighted by Gasteiger charge is -2.64. The van der Waals surface area contributed by atoms with Crippen LogP contribution < -0.4 is 5.32 Å². The molecule has 6 rings (SSSR count). The first kappa shape index (κ1) is 30.6. The van der Waals surface area contributed by atoms with Gasteiger partial charge < -0.3 is 24.4 Å². The molecule has 44 heavy (non-hydrogen) atoms. The second kappa shape index (κ2) is 10.6. The molecule has 2 bridgehead atoms. The highest BCUT2D eigenvalue weighted by molar-refractivity contribution is 6.01. The fourth-order valence-electron chi connectivity index (χ4n) is 9.29. The molecule has 0 radical (unpaired) electrons. The number of amides is 1. The molecule has 7 atom stereocenters. The van der Waals surface area contributed by atoms with E-state index in [1.807, 2.05) is 12.2 Å². The van der Waals surface area contributed by atoms with Gasteiger partial charge >= 0.3 is 12.1 Å². The molecule has 2 heterocycles. The van der Waals surface area contributed by atoms with Crippen molar-refractivity contribution in [2.45, 2.75) is 89.1 Å². The number of halogens is 3. The standard InChI is InChI=1S/C34H39F3N2O5/c1-5-17-39(20(2)3)18-16-32-24-12-9-13-26(32)43-30-27(32)23(19-25(24)39)14-15-33(30,44-21(4)40)38-31(42)28(34(35,36)37)29(41)22-10-7-6-8-11-22/h5-8,10-11,14-15,20,24-26,30H,1,9,12-13,16-19H2,2-4H3,(H-,38,41,42)/p+1/t24-,25+,26-,30?,32+,33?,39?/m0/s1. The van der Waals surface area contributed by atoms with Crippen LogP contribution in [0.25, 0.3) is 5.76 Å². The fourth-order valence-corrected chi connectivity index (χ4v) is 9.29. The molecule has 2 aliphatic heterocycles. The molecule has 0 aromatic heterocycles. The third kappa shape index (κ3) is 4.39. The summed E-state index contributed by atoms with van der Waals surface area (Å²) in [7, 11) is 0. The zero-order valence-corrected chi connectivity index (χ0v) is 25.3. The van der Waals surface area contributed by atoms with Gasteiger partial charge in [-0.15, -0.1) is 0 Å². The number of alkyl halides is 3. The predicted molar refractivity (Wildman–Crippen MR) is 158 cm³/mol. The number of carbonyl (C=O) groups is 2. The zero-order valence-electron chi connectivity index (χ0n) is 25.3. The molecule has 1 amide bonds. The van der Waals surface area contributed by atoms with Gasteiger partial charge in [-0.05, 0) is 50.0 Å². The second-order valence-electron chi connectivity index (χ2n) is 13.2. The molecule has 3 unspecified atom stereocenters. The Balaban J connectivity index is 1.45. The van der Waals surface area contributed by atoms with E-state index in [0.29, 0.717) is 12.1 Å². The number of ether oxygens (including phenoxy) is 2. The van der Waals surface area contributed by atoms with Gasteiger partial charge in [0.25, 0.3) is 5.91 Å². The van der Waals surface area contributed by atoms with Crippen molar-refractivity contribution >= 4 is 17.6 Å². The van der Waals surface area contributed by atoms with Crippen molar-refractivity contribution < 1.29 is 41.8 Å². The van der Waals surface area contributed by atoms with Crippen LogP contribution in [0.2, 0.25) is 0 Å². The van der Waals surface area contributed by atoms with E-state index in [1.54, 1.807) is 6.07 Å². The molecular weight excluding hydrogens is 573 g/mol. The molecule has 5 aliphatic rings. The molecule has 1 saturated carbocycles. The number of nitrogens with zero attached hydrogens (tertiary/aromatic N) is 1. The van der Waals surface area contributed by atoms with E-state index >= 15 is 0 Å². The van der Waals surface area contributed by atoms with Crippen LogP contribution in [0.5, 0.6) is 0 Å². The Morgan fingerprint density at radius 1 is 1.25 bits per heavy atom. The quantitative estimate of drug-likeness (QED) is 0.0999. The largest absolute Gasteiger partial charge is 0.506 e. The summed E-state index contributed by atoms with van der Waals surface area (Å²) in [5, 5.41) is 13.1. The van der Waals surface area contributed by atoms with Crippen molar-refractivity contribution in [3.05, 3.63) is 77.4 Å². The number of aliphatic hydroxyl groups excluding tert-OH is 1. The number of nitrogens with one attached hydrogen (secondary N) is 1. The number of carbonyl (C=O) groups excluding carboxylic acids is 2. The maximum Gasteiger partial charge on any atom is 0.425 e. The molecule has 1 aromatic rings. The number of hydrogen-bond acceptors (Lipinski definition) is 5. The van der Waals surface area contributed by atoms with Gasteiger partial charge in [0.2, 0.25) is 5.72 Å². The maximum absolute atomic E-state index is 14.4. The third-order valence-electron chi connectivity index (χ3n) is 11.0. The van der Waals surface area contributed by atoms with Gasteiger partial charge in [0.15, 0.2) is 5.57 Å². The van der Waals surface area contributed by atoms with Crippen molar-refractivity contribution in [2.75, 3.05) is 13.1 Å². The van der Waals surface area contributed by atoms with Gasteiger partial charge in [-0.2, -0.15) is 13.2 Å². The number of quaternary nitrogens is 1. The molecule has 3 fully saturated rings. The van der Waals surface area contributed by atoms with E-state index in [9.17, 15) is 27.9 Å². The monoisotopic (exact) mass is 613 g/mol. The molecule has 10 heteroatoms. The summed E-state index contributed by atoms with van der Waals surface area (Å²) in [6.45, 7) is 11.5. The van der Waals surface area contributed by atoms with Gasteiger partial charge in [0.05, 0.1) is 31.3 Å². The van der Waals surface area contributed by atoms with E-state index in [1.165, 1.54) is 30.3 Å². The third-order valence-corrected chi connectivity index (χ3v) is 11.0. The first-order valence-electron chi connectivity index (χ1n) is 15.4. The maximum atomic E-state index is 14.4. The summed E-state index contributed by atoms with van der Waals surface area (Å²) in [6.07, 6.45) is 3.15. The van der Waals surface area contributed by atoms with Gasteiger partial charge in [-0.25, -0.2) is 0 Å². The second-order valence-corrected chi connectivity index (χ2v) is 13.2. The predicted octanol–water partition coefficient (Wildman–Crippen LogP) is 5.90. The van der Waals surface area contributed by atoms with Crippen LogP contribution in [0.1, 0.15) is 58.4 Å². The summed E-state index contributed by atoms with van der Waals surface area (Å²) in [5.41, 5.74) is -2.35. The Morgan fingerprint density at radius 3 is 2.61 bits per heavy atom. The Morgan fingerprint density at radius 2 is 1.98 bits per heavy atom. The lowest BCUT2D eigenvalue weighted by atomic mass is 9.49. The van der Waals surface area contributed by atoms with Gasteiger partial charge in [0.1, 0.15) is 11.9 Å². The highest BCUT2D eigenvalue weighted by Crippen LogP contribution is 2.67. The Labute approximate surface area is 255 Å². The van der Waals surface area contributed by atoms with Crippen LogP contribution in [0.4, 0.5) is 13.2 Å². The van der Waals surface area contributed by atoms with Crippen molar-refractivity contribution in [3.63, 3.8) is 0 Å². The van der Waals surface area contributed by atoms with Crippen molar-refractivity contribution in [1.82, 2.24) is 5.32 Å². The van der Waals surface area contributed by atoms with Gasteiger partial charge in [-0.1, -0.05) is 49.4 Å². The Kier molecular flexibility index (Phi) is 7.40. The Hall–Kier alpha value is -3.37. The lowest BCUT2D eigenvalue weighted by molar-refractivity contribution is -0.976. The minimum atomic E-state index is -5.21. The molecule has 7 nitrogen and oxygen atoms in total. The number of rotatable bonds is 7. The van der Waals surface area contributed by atoms with E-state index in [2.05, 4.69) is 25.7 Å². The number of likely N-dealkylation sites (tertiary alicyclic amines) is 1. The summed E-state index contributed by atoms with van der Waals surface area (Å²) in [4.78, 5) is 26.2. The lowest BCUT2D eigenvalue weighted by Crippen LogP contribution is -2.72. The normalized spacial score (nSPS) is 36.0. The van der Waals surface area contributed by atoms with Gasteiger partial charge in [0, 0.05) is 36.7 Å². The van der Waals surface area contributed by atoms with Crippen molar-refractivity contribution in [3.8, 4) is 0 Å². The molecule has 1 spiro atoms. The number of benzene rings is 1. The minimum Gasteiger partial charge on any atom is -0.506 e. The Bertz CT molecular complexity index is 1470. The summed E-state index contributed by atoms with van der Waals surface area (Å²) < 4.78 is 56.6. The molecule has 2 saturated heterocycles. The van der Waals surface area contributed by atoms with Crippen LogP contribution in [0.15, 0.2) is 71.9 Å². The molecule has 3 aliphatic carbocycles. The number of esters is 1. The minimum absolute atomic E-state index is 0.169. The summed E-state index contributed by atoms with van der Waals surface area (Å²) in [5.74, 6) is -3.34. The van der Waals surface area contributed by atoms with Crippen LogP contribution in [-0.2, 0) is 19.1 Å². The average Bonchev–Trinajstić information content (AvgIpc) is 3.30. The first-order valence-corrected chi connectivity index (χ1v) is 15.4. The van der Waals surface area contributed by atoms with Crippen molar-refractivity contribution in [2.24, 2.45) is 11.3 Å². The van der Waals surface area contributed by atoms with Crippen LogP contribution in [-0.4, -0.2) is 70.7 Å². The number of piperidine rings is 1. The van der Waals surface area contributed by atoms with E-state index in [0.717, 1.165) is 67.7 Å². The molecule has 1 aromatic carbocycles. The van der Waals surface area contributed by atoms with Crippen LogP contribution >= 0.6 is 0 Å². The smallest absolute Gasteiger partial charge is 0.425 e. The fraction of sp³-hybridized carbons (Fsp3) is 0.529. The average molecular weight is 614 g/mol. The number of allylic oxidation sites excluding steroid dienone is 1. The van der Waals surface area contributed by atoms with Crippen LogP contribution in [0.3, 0.4) is 0 Å². The highest BCUT2D eigenvalue weighted by Gasteiger charge is 2.72. The molecule has 2 N–H and O–H groups in total. The van der Waals surface area contributed by atoms with E-state index in [4.69, 9.17) is 9.47 Å². The summed E-state index contributed by atoms with van der Waals surface area (Å²) in [6, 6.07) is 7.75. The molecular formula is C34H40F3N2O5+. The van der Waals surface area contributed by atoms with E-state index < -0.39 is 41.2 Å². The SMILES string of the molecule is C=CC[N+]1(C(C)C)CC[C@]23C4=C5C=CC(NC(=O)C(=C(O)c6ccccc6)C(F)(F)F)(OC(C)=O)C4O[C@H]2CCC[C@H]3[C@H]1C5. The number of aliphatic hydroxyl groups is 1. The first-order chi connectivity index (χ1) is 20.8. The molecule has 236 valence electrons. The van der Waals surface area contributed by atoms with Crippen molar-refractivity contribution in [1.29, 1.82) is 0 Å². The van der Waals surface area contributed by atoms with Gasteiger partial charge in [-0.3, -0.25) is 9.59 Å². The summed E-state index contributed by atoms with van der Waals surface area (Å²) >= 11 is 0. The number of hydrogen-bond donors (Lipinski definition) is 2. The van der Waals surface area contributed by atoms with Crippen LogP contribution in [0, 0.1) is 11.3 Å². The zero-order chi connectivity index (χ0) is 31.7. The highest BCUT2D eigenvalue weighted by atomic mass is 19.4. The topological polar surface area (TPSA) is 84.9 Å².